The van der Waals surface area contributed by atoms with Gasteiger partial charge in [0.2, 0.25) is 0 Å². The highest BCUT2D eigenvalue weighted by molar-refractivity contribution is 7.86. The molecule has 0 amide bonds. The van der Waals surface area contributed by atoms with Crippen molar-refractivity contribution in [2.24, 2.45) is 0 Å². The summed E-state index contributed by atoms with van der Waals surface area (Å²) >= 11 is 0. The van der Waals surface area contributed by atoms with Crippen LogP contribution in [0, 0.1) is 0 Å². The highest BCUT2D eigenvalue weighted by Crippen LogP contribution is 2.39. The molecule has 3 rings (SSSR count). The molecule has 11 nitrogen and oxygen atoms in total. The van der Waals surface area contributed by atoms with Gasteiger partial charge in [-0.05, 0) is 26.1 Å². The van der Waals surface area contributed by atoms with Gasteiger partial charge in [-0.2, -0.15) is 16.8 Å². The largest absolute Gasteiger partial charge is 0.412 e. The van der Waals surface area contributed by atoms with E-state index in [1.54, 1.807) is 19.1 Å². The molecule has 1 saturated heterocycles. The Morgan fingerprint density at radius 2 is 1.58 bits per heavy atom. The zero-order valence-electron chi connectivity index (χ0n) is 18.0. The molecule has 1 aliphatic heterocycles. The predicted octanol–water partition coefficient (Wildman–Crippen LogP) is -0.311. The molecule has 1 aliphatic rings. The van der Waals surface area contributed by atoms with Crippen LogP contribution in [0.5, 0.6) is 11.6 Å². The summed E-state index contributed by atoms with van der Waals surface area (Å²) in [4.78, 5) is 10.0. The zero-order valence-corrected chi connectivity index (χ0v) is 19.6. The van der Waals surface area contributed by atoms with E-state index < -0.39 is 20.2 Å². The first kappa shape index (κ1) is 25.2. The smallest absolute Gasteiger partial charge is 0.307 e. The van der Waals surface area contributed by atoms with Gasteiger partial charge in [-0.3, -0.25) is 4.90 Å². The van der Waals surface area contributed by atoms with Crippen LogP contribution in [0.25, 0.3) is 10.9 Å². The van der Waals surface area contributed by atoms with Crippen LogP contribution in [0.4, 0.5) is 0 Å². The minimum atomic E-state index is -3.87. The van der Waals surface area contributed by atoms with E-state index >= 15 is 0 Å². The van der Waals surface area contributed by atoms with Crippen LogP contribution in [0.3, 0.4) is 0 Å². The van der Waals surface area contributed by atoms with E-state index in [1.807, 2.05) is 7.05 Å². The summed E-state index contributed by atoms with van der Waals surface area (Å²) in [5, 5.41) is 0.439. The molecule has 0 aliphatic carbocycles. The zero-order chi connectivity index (χ0) is 22.1. The monoisotopic (exact) mass is 479 g/mol. The van der Waals surface area contributed by atoms with Crippen LogP contribution in [0.15, 0.2) is 18.2 Å². The Kier molecular flexibility index (Phi) is 7.81. The first-order valence-corrected chi connectivity index (χ1v) is 13.1. The van der Waals surface area contributed by atoms with Crippen LogP contribution >= 0.6 is 0 Å². The summed E-state index contributed by atoms with van der Waals surface area (Å²) in [6.45, 7) is 5.61. The Bertz CT molecular complexity index is 1120. The van der Waals surface area contributed by atoms with Gasteiger partial charge in [-0.25, -0.2) is 0 Å². The second-order valence-electron chi connectivity index (χ2n) is 7.30. The topological polar surface area (TPSA) is 139 Å². The predicted molar refractivity (Wildman–Crippen MR) is 116 cm³/mol. The lowest BCUT2D eigenvalue weighted by Crippen LogP contribution is -2.43. The molecule has 13 heteroatoms. The minimum Gasteiger partial charge on any atom is -0.412 e. The SMILES string of the molecule is CCOn1c(OS(C)(=O)=O)c(CN2CCN(C)CC2)c2c(OS(C)(=O)=O)cccc21.O. The molecule has 0 spiro atoms. The van der Waals surface area contributed by atoms with Gasteiger partial charge in [0.25, 0.3) is 5.88 Å². The average Bonchev–Trinajstić information content (AvgIpc) is 2.89. The molecule has 0 unspecified atom stereocenters. The van der Waals surface area contributed by atoms with Gasteiger partial charge in [0.15, 0.2) is 5.75 Å². The van der Waals surface area contributed by atoms with Crippen molar-refractivity contribution in [1.29, 1.82) is 0 Å². The lowest BCUT2D eigenvalue weighted by atomic mass is 10.1. The van der Waals surface area contributed by atoms with Gasteiger partial charge >= 0.3 is 20.2 Å². The molecule has 1 aromatic carbocycles. The van der Waals surface area contributed by atoms with E-state index in [2.05, 4.69) is 9.80 Å². The molecule has 0 saturated carbocycles. The van der Waals surface area contributed by atoms with Crippen molar-refractivity contribution in [3.05, 3.63) is 23.8 Å². The number of rotatable bonds is 8. The third-order valence-electron chi connectivity index (χ3n) is 4.67. The molecule has 2 aromatic rings. The summed E-state index contributed by atoms with van der Waals surface area (Å²) in [7, 11) is -5.64. The summed E-state index contributed by atoms with van der Waals surface area (Å²) in [6.07, 6.45) is 1.91. The van der Waals surface area contributed by atoms with Crippen molar-refractivity contribution in [3.63, 3.8) is 0 Å². The number of likely N-dealkylation sites (N-methyl/N-ethyl adjacent to an activating group) is 1. The van der Waals surface area contributed by atoms with Crippen molar-refractivity contribution in [1.82, 2.24) is 14.5 Å². The van der Waals surface area contributed by atoms with Crippen molar-refractivity contribution < 1.29 is 35.5 Å². The molecule has 2 heterocycles. The van der Waals surface area contributed by atoms with Gasteiger partial charge in [0.1, 0.15) is 6.61 Å². The molecule has 1 aromatic heterocycles. The van der Waals surface area contributed by atoms with Crippen LogP contribution in [-0.2, 0) is 26.8 Å². The van der Waals surface area contributed by atoms with Gasteiger partial charge < -0.3 is 23.6 Å². The summed E-state index contributed by atoms with van der Waals surface area (Å²) in [5.41, 5.74) is 0.952. The van der Waals surface area contributed by atoms with Gasteiger partial charge in [-0.1, -0.05) is 6.07 Å². The van der Waals surface area contributed by atoms with Crippen molar-refractivity contribution in [2.75, 3.05) is 52.3 Å². The number of nitrogens with zero attached hydrogens (tertiary/aromatic N) is 3. The van der Waals surface area contributed by atoms with Crippen molar-refractivity contribution >= 4 is 31.1 Å². The fourth-order valence-corrected chi connectivity index (χ4v) is 4.34. The Balaban J connectivity index is 0.00000341. The molecule has 1 fully saturated rings. The fraction of sp³-hybridized carbons (Fsp3) is 0.556. The maximum Gasteiger partial charge on any atom is 0.307 e. The second kappa shape index (κ2) is 9.61. The maximum absolute atomic E-state index is 12.0. The molecular formula is C18H29N3O8S2. The number of hydrogen-bond acceptors (Lipinski definition) is 9. The number of benzene rings is 1. The standard InChI is InChI=1S/C18H27N3O7S2.H2O/c1-5-26-21-15-7-6-8-16(27-29(3,22)23)17(15)14(18(21)28-30(4,24)25)13-20-11-9-19(2)10-12-20;/h6-8H,5,9-13H2,1-4H3;1H2. The van der Waals surface area contributed by atoms with E-state index in [-0.39, 0.29) is 23.7 Å². The van der Waals surface area contributed by atoms with E-state index in [0.29, 0.717) is 23.0 Å². The number of hydrogen-bond donors (Lipinski definition) is 0. The maximum atomic E-state index is 12.0. The summed E-state index contributed by atoms with van der Waals surface area (Å²) in [5.74, 6) is 0.0914. The highest BCUT2D eigenvalue weighted by atomic mass is 32.2. The Morgan fingerprint density at radius 1 is 0.968 bits per heavy atom. The molecule has 0 bridgehead atoms. The van der Waals surface area contributed by atoms with E-state index in [4.69, 9.17) is 13.2 Å². The quantitative estimate of drug-likeness (QED) is 0.466. The number of fused-ring (bicyclic) bond motifs is 1. The molecule has 0 atom stereocenters. The minimum absolute atomic E-state index is 0. The van der Waals surface area contributed by atoms with Crippen LogP contribution in [-0.4, -0.2) is 89.2 Å². The van der Waals surface area contributed by atoms with Crippen molar-refractivity contribution in [2.45, 2.75) is 13.5 Å². The molecule has 0 radical (unpaired) electrons. The van der Waals surface area contributed by atoms with E-state index in [9.17, 15) is 16.8 Å². The Morgan fingerprint density at radius 3 is 2.13 bits per heavy atom. The first-order chi connectivity index (χ1) is 14.0. The van der Waals surface area contributed by atoms with E-state index in [0.717, 1.165) is 38.7 Å². The third-order valence-corrected chi connectivity index (χ3v) is 5.62. The number of aromatic nitrogens is 1. The van der Waals surface area contributed by atoms with Crippen molar-refractivity contribution in [3.8, 4) is 11.6 Å². The first-order valence-electron chi connectivity index (χ1n) is 9.48. The normalized spacial score (nSPS) is 16.1. The fourth-order valence-electron chi connectivity index (χ4n) is 3.42. The lowest BCUT2D eigenvalue weighted by molar-refractivity contribution is 0.116. The van der Waals surface area contributed by atoms with Crippen LogP contribution < -0.4 is 13.2 Å². The molecule has 176 valence electrons. The summed E-state index contributed by atoms with van der Waals surface area (Å²) in [6, 6.07) is 4.84. The average molecular weight is 480 g/mol. The van der Waals surface area contributed by atoms with Gasteiger partial charge in [0.05, 0.1) is 23.4 Å². The molecule has 31 heavy (non-hydrogen) atoms. The summed E-state index contributed by atoms with van der Waals surface area (Å²) < 4.78 is 59.5. The molecular weight excluding hydrogens is 450 g/mol. The van der Waals surface area contributed by atoms with Gasteiger partial charge in [-0.15, -0.1) is 4.73 Å². The van der Waals surface area contributed by atoms with E-state index in [1.165, 1.54) is 10.8 Å². The van der Waals surface area contributed by atoms with Crippen LogP contribution in [0.2, 0.25) is 0 Å². The van der Waals surface area contributed by atoms with Crippen LogP contribution in [0.1, 0.15) is 12.5 Å². The van der Waals surface area contributed by atoms with Gasteiger partial charge in [0, 0.05) is 38.3 Å². The Labute approximate surface area is 182 Å². The lowest BCUT2D eigenvalue weighted by Gasteiger charge is -2.32. The number of piperazine rings is 1. The Hall–Kier alpha value is -2.06. The second-order valence-corrected chi connectivity index (χ2v) is 10.5. The highest BCUT2D eigenvalue weighted by Gasteiger charge is 2.28. The third kappa shape index (κ3) is 6.23. The molecule has 2 N–H and O–H groups in total.